The van der Waals surface area contributed by atoms with Crippen molar-refractivity contribution in [3.63, 3.8) is 0 Å². The molecule has 2 saturated heterocycles. The van der Waals surface area contributed by atoms with Gasteiger partial charge in [0.05, 0.1) is 25.9 Å². The summed E-state index contributed by atoms with van der Waals surface area (Å²) in [6.07, 6.45) is 3.77. The molecule has 138 valence electrons. The van der Waals surface area contributed by atoms with E-state index in [1.807, 2.05) is 11.0 Å². The topological polar surface area (TPSA) is 42.0 Å². The maximum Gasteiger partial charge on any atom is 0.222 e. The molecule has 2 aliphatic heterocycles. The quantitative estimate of drug-likeness (QED) is 0.790. The third-order valence-electron chi connectivity index (χ3n) is 4.99. The Balaban J connectivity index is 1.37. The number of amides is 1. The number of benzene rings is 1. The van der Waals surface area contributed by atoms with Crippen LogP contribution in [0.2, 0.25) is 0 Å². The Morgan fingerprint density at radius 1 is 1.08 bits per heavy atom. The van der Waals surface area contributed by atoms with Gasteiger partial charge in [0, 0.05) is 32.6 Å². The average molecular weight is 346 g/mol. The van der Waals surface area contributed by atoms with Crippen LogP contribution < -0.4 is 0 Å². The van der Waals surface area contributed by atoms with E-state index in [2.05, 4.69) is 29.2 Å². The van der Waals surface area contributed by atoms with Crippen LogP contribution in [0.15, 0.2) is 30.3 Å². The molecule has 0 N–H and O–H groups in total. The Morgan fingerprint density at radius 2 is 1.96 bits per heavy atom. The summed E-state index contributed by atoms with van der Waals surface area (Å²) in [6.45, 7) is 6.69. The van der Waals surface area contributed by atoms with E-state index in [4.69, 9.17) is 9.47 Å². The number of hydrogen-bond donors (Lipinski definition) is 0. The van der Waals surface area contributed by atoms with E-state index in [9.17, 15) is 4.79 Å². The Hall–Kier alpha value is -1.43. The highest BCUT2D eigenvalue weighted by atomic mass is 16.6. The summed E-state index contributed by atoms with van der Waals surface area (Å²) in [5.41, 5.74) is 1.31. The van der Waals surface area contributed by atoms with Crippen LogP contribution in [0.4, 0.5) is 0 Å². The third-order valence-corrected chi connectivity index (χ3v) is 4.99. The van der Waals surface area contributed by atoms with E-state index in [0.717, 1.165) is 52.0 Å². The molecule has 0 saturated carbocycles. The lowest BCUT2D eigenvalue weighted by Gasteiger charge is -2.29. The minimum Gasteiger partial charge on any atom is -0.376 e. The van der Waals surface area contributed by atoms with Gasteiger partial charge in [0.2, 0.25) is 5.91 Å². The fourth-order valence-electron chi connectivity index (χ4n) is 3.58. The fraction of sp³-hybridized carbons (Fsp3) is 0.650. The summed E-state index contributed by atoms with van der Waals surface area (Å²) in [5.74, 6) is 0.301. The van der Waals surface area contributed by atoms with Gasteiger partial charge in [-0.15, -0.1) is 0 Å². The van der Waals surface area contributed by atoms with Crippen LogP contribution in [-0.4, -0.2) is 74.4 Å². The molecule has 1 aromatic rings. The number of ether oxygens (including phenoxy) is 2. The van der Waals surface area contributed by atoms with Crippen LogP contribution in [-0.2, 0) is 20.7 Å². The highest BCUT2D eigenvalue weighted by Gasteiger charge is 2.22. The number of nitrogens with zero attached hydrogens (tertiary/aromatic N) is 2. The number of hydrogen-bond acceptors (Lipinski definition) is 4. The van der Waals surface area contributed by atoms with Crippen LogP contribution in [0.1, 0.15) is 24.8 Å². The fourth-order valence-corrected chi connectivity index (χ4v) is 3.58. The van der Waals surface area contributed by atoms with Crippen LogP contribution in [0, 0.1) is 0 Å². The zero-order valence-electron chi connectivity index (χ0n) is 15.1. The van der Waals surface area contributed by atoms with Gasteiger partial charge in [-0.1, -0.05) is 30.3 Å². The van der Waals surface area contributed by atoms with Gasteiger partial charge in [-0.25, -0.2) is 0 Å². The summed E-state index contributed by atoms with van der Waals surface area (Å²) < 4.78 is 11.2. The Labute approximate surface area is 150 Å². The van der Waals surface area contributed by atoms with E-state index in [1.54, 1.807) is 0 Å². The molecule has 0 bridgehead atoms. The van der Waals surface area contributed by atoms with Crippen LogP contribution in [0.25, 0.3) is 0 Å². The molecule has 0 aromatic heterocycles. The normalized spacial score (nSPS) is 22.6. The van der Waals surface area contributed by atoms with Crippen molar-refractivity contribution in [2.45, 2.75) is 31.8 Å². The van der Waals surface area contributed by atoms with E-state index in [-0.39, 0.29) is 6.10 Å². The molecule has 25 heavy (non-hydrogen) atoms. The van der Waals surface area contributed by atoms with Crippen molar-refractivity contribution in [3.05, 3.63) is 35.9 Å². The van der Waals surface area contributed by atoms with E-state index < -0.39 is 0 Å². The van der Waals surface area contributed by atoms with E-state index in [1.165, 1.54) is 5.56 Å². The SMILES string of the molecule is O=C(CCCc1ccccc1)N1CCCN(CC2COCCO2)CC1. The second-order valence-corrected chi connectivity index (χ2v) is 6.94. The molecule has 2 fully saturated rings. The van der Waals surface area contributed by atoms with Crippen LogP contribution in [0.3, 0.4) is 0 Å². The Bertz CT molecular complexity index is 517. The van der Waals surface area contributed by atoms with Crippen molar-refractivity contribution in [2.75, 3.05) is 52.5 Å². The smallest absolute Gasteiger partial charge is 0.222 e. The molecule has 0 spiro atoms. The van der Waals surface area contributed by atoms with Crippen molar-refractivity contribution in [2.24, 2.45) is 0 Å². The minimum absolute atomic E-state index is 0.182. The second-order valence-electron chi connectivity index (χ2n) is 6.94. The van der Waals surface area contributed by atoms with Crippen molar-refractivity contribution >= 4 is 5.91 Å². The van der Waals surface area contributed by atoms with Crippen molar-refractivity contribution < 1.29 is 14.3 Å². The van der Waals surface area contributed by atoms with Gasteiger partial charge in [-0.3, -0.25) is 9.69 Å². The molecule has 2 aliphatic rings. The van der Waals surface area contributed by atoms with Gasteiger partial charge >= 0.3 is 0 Å². The van der Waals surface area contributed by atoms with E-state index >= 15 is 0 Å². The molecule has 1 amide bonds. The average Bonchev–Trinajstić information content (AvgIpc) is 2.89. The van der Waals surface area contributed by atoms with Gasteiger partial charge in [0.15, 0.2) is 0 Å². The largest absolute Gasteiger partial charge is 0.376 e. The summed E-state index contributed by atoms with van der Waals surface area (Å²) in [7, 11) is 0. The summed E-state index contributed by atoms with van der Waals surface area (Å²) >= 11 is 0. The summed E-state index contributed by atoms with van der Waals surface area (Å²) in [5, 5.41) is 0. The van der Waals surface area contributed by atoms with Gasteiger partial charge in [-0.2, -0.15) is 0 Å². The maximum absolute atomic E-state index is 12.5. The Morgan fingerprint density at radius 3 is 2.76 bits per heavy atom. The van der Waals surface area contributed by atoms with Gasteiger partial charge in [0.1, 0.15) is 0 Å². The van der Waals surface area contributed by atoms with Crippen LogP contribution >= 0.6 is 0 Å². The van der Waals surface area contributed by atoms with Crippen molar-refractivity contribution in [3.8, 4) is 0 Å². The summed E-state index contributed by atoms with van der Waals surface area (Å²) in [4.78, 5) is 17.0. The molecule has 5 nitrogen and oxygen atoms in total. The number of rotatable bonds is 6. The molecule has 1 unspecified atom stereocenters. The van der Waals surface area contributed by atoms with Crippen LogP contribution in [0.5, 0.6) is 0 Å². The third kappa shape index (κ3) is 6.10. The number of carbonyl (C=O) groups excluding carboxylic acids is 1. The first-order valence-corrected chi connectivity index (χ1v) is 9.54. The molecule has 5 heteroatoms. The maximum atomic E-state index is 12.5. The molecule has 1 aromatic carbocycles. The number of carbonyl (C=O) groups is 1. The monoisotopic (exact) mass is 346 g/mol. The summed E-state index contributed by atoms with van der Waals surface area (Å²) in [6, 6.07) is 10.4. The molecular weight excluding hydrogens is 316 g/mol. The van der Waals surface area contributed by atoms with E-state index in [0.29, 0.717) is 32.1 Å². The lowest BCUT2D eigenvalue weighted by molar-refractivity contribution is -0.131. The van der Waals surface area contributed by atoms with Crippen molar-refractivity contribution in [1.82, 2.24) is 9.80 Å². The zero-order valence-corrected chi connectivity index (χ0v) is 15.1. The van der Waals surface area contributed by atoms with Gasteiger partial charge in [-0.05, 0) is 31.4 Å². The lowest BCUT2D eigenvalue weighted by atomic mass is 10.1. The molecule has 0 aliphatic carbocycles. The molecular formula is C20H30N2O3. The Kier molecular flexibility index (Phi) is 7.27. The highest BCUT2D eigenvalue weighted by Crippen LogP contribution is 2.11. The first kappa shape index (κ1) is 18.4. The molecule has 2 heterocycles. The molecule has 3 rings (SSSR count). The van der Waals surface area contributed by atoms with Gasteiger partial charge in [0.25, 0.3) is 0 Å². The zero-order chi connectivity index (χ0) is 17.3. The standard InChI is InChI=1S/C20H30N2O3/c23-20(9-4-8-18-6-2-1-3-7-18)22-11-5-10-21(12-13-22)16-19-17-24-14-15-25-19/h1-3,6-7,19H,4-5,8-17H2. The number of aryl methyl sites for hydroxylation is 1. The molecule has 1 atom stereocenters. The highest BCUT2D eigenvalue weighted by molar-refractivity contribution is 5.76. The predicted octanol–water partition coefficient (Wildman–Crippen LogP) is 1.96. The predicted molar refractivity (Wildman–Crippen MR) is 97.6 cm³/mol. The molecule has 0 radical (unpaired) electrons. The second kappa shape index (κ2) is 9.90. The first-order valence-electron chi connectivity index (χ1n) is 9.54. The first-order chi connectivity index (χ1) is 12.3. The lowest BCUT2D eigenvalue weighted by Crippen LogP contribution is -2.42. The van der Waals surface area contributed by atoms with Crippen molar-refractivity contribution in [1.29, 1.82) is 0 Å². The minimum atomic E-state index is 0.182. The van der Waals surface area contributed by atoms with Gasteiger partial charge < -0.3 is 14.4 Å².